The van der Waals surface area contributed by atoms with E-state index in [9.17, 15) is 0 Å². The van der Waals surface area contributed by atoms with E-state index in [1.807, 2.05) is 0 Å². The van der Waals surface area contributed by atoms with Crippen LogP contribution in [-0.4, -0.2) is 18.0 Å². The van der Waals surface area contributed by atoms with Crippen LogP contribution in [-0.2, 0) is 12.8 Å². The summed E-state index contributed by atoms with van der Waals surface area (Å²) in [6, 6.07) is 9.52. The van der Waals surface area contributed by atoms with E-state index in [0.29, 0.717) is 18.0 Å². The standard InChI is InChI=1S/C15H21N3/c16-15(17-13-7-3-4-8-13)18-14-9-11-5-1-2-6-12(11)10-14/h1-2,5-6,13-14H,3-4,7-10H2,(H3,16,17,18). The van der Waals surface area contributed by atoms with Gasteiger partial charge in [0.25, 0.3) is 0 Å². The van der Waals surface area contributed by atoms with Gasteiger partial charge in [0, 0.05) is 6.04 Å². The summed E-state index contributed by atoms with van der Waals surface area (Å²) in [7, 11) is 0. The van der Waals surface area contributed by atoms with Crippen LogP contribution in [0.3, 0.4) is 0 Å². The van der Waals surface area contributed by atoms with Gasteiger partial charge in [-0.1, -0.05) is 37.1 Å². The molecule has 0 saturated heterocycles. The maximum Gasteiger partial charge on any atom is 0.189 e. The van der Waals surface area contributed by atoms with Gasteiger partial charge in [-0.2, -0.15) is 0 Å². The molecule has 2 aliphatic carbocycles. The first-order valence-corrected chi connectivity index (χ1v) is 6.98. The van der Waals surface area contributed by atoms with E-state index in [-0.39, 0.29) is 0 Å². The van der Waals surface area contributed by atoms with Crippen molar-refractivity contribution in [3.8, 4) is 0 Å². The molecule has 3 heteroatoms. The average Bonchev–Trinajstić information content (AvgIpc) is 2.96. The molecule has 2 aliphatic rings. The molecular formula is C15H21N3. The van der Waals surface area contributed by atoms with E-state index in [2.05, 4.69) is 34.6 Å². The Morgan fingerprint density at radius 1 is 1.11 bits per heavy atom. The van der Waals surface area contributed by atoms with E-state index < -0.39 is 0 Å². The summed E-state index contributed by atoms with van der Waals surface area (Å²) >= 11 is 0. The van der Waals surface area contributed by atoms with Gasteiger partial charge in [0.15, 0.2) is 5.96 Å². The van der Waals surface area contributed by atoms with E-state index in [0.717, 1.165) is 12.8 Å². The first-order valence-electron chi connectivity index (χ1n) is 6.98. The summed E-state index contributed by atoms with van der Waals surface area (Å²) < 4.78 is 0. The number of aliphatic imine (C=N–C) groups is 1. The summed E-state index contributed by atoms with van der Waals surface area (Å²) in [5, 5.41) is 3.38. The minimum Gasteiger partial charge on any atom is -0.370 e. The van der Waals surface area contributed by atoms with Crippen molar-refractivity contribution in [2.45, 2.75) is 50.6 Å². The van der Waals surface area contributed by atoms with Crippen molar-refractivity contribution in [2.24, 2.45) is 10.7 Å². The highest BCUT2D eigenvalue weighted by molar-refractivity contribution is 5.78. The predicted octanol–water partition coefficient (Wildman–Crippen LogP) is 2.00. The van der Waals surface area contributed by atoms with Gasteiger partial charge < -0.3 is 11.1 Å². The highest BCUT2D eigenvalue weighted by atomic mass is 15.1. The Morgan fingerprint density at radius 3 is 2.33 bits per heavy atom. The molecule has 0 bridgehead atoms. The second kappa shape index (κ2) is 5.01. The third-order valence-electron chi connectivity index (χ3n) is 4.05. The quantitative estimate of drug-likeness (QED) is 0.616. The van der Waals surface area contributed by atoms with Gasteiger partial charge in [0.1, 0.15) is 0 Å². The molecule has 0 aliphatic heterocycles. The van der Waals surface area contributed by atoms with E-state index in [1.165, 1.54) is 36.8 Å². The third-order valence-corrected chi connectivity index (χ3v) is 4.05. The molecule has 0 spiro atoms. The molecule has 1 saturated carbocycles. The Morgan fingerprint density at radius 2 is 1.72 bits per heavy atom. The van der Waals surface area contributed by atoms with Crippen molar-refractivity contribution in [3.63, 3.8) is 0 Å². The number of fused-ring (bicyclic) bond motifs is 1. The van der Waals surface area contributed by atoms with Gasteiger partial charge in [-0.25, -0.2) is 0 Å². The Balaban J connectivity index is 1.58. The first-order chi connectivity index (χ1) is 8.81. The van der Waals surface area contributed by atoms with Gasteiger partial charge in [0.2, 0.25) is 0 Å². The van der Waals surface area contributed by atoms with Crippen LogP contribution in [0.15, 0.2) is 29.3 Å². The second-order valence-electron chi connectivity index (χ2n) is 5.47. The number of nitrogens with one attached hydrogen (secondary N) is 1. The van der Waals surface area contributed by atoms with Crippen LogP contribution in [0.4, 0.5) is 0 Å². The zero-order valence-corrected chi connectivity index (χ0v) is 10.7. The molecule has 1 fully saturated rings. The minimum atomic E-state index is 0.424. The fraction of sp³-hybridized carbons (Fsp3) is 0.533. The molecular weight excluding hydrogens is 222 g/mol. The molecule has 18 heavy (non-hydrogen) atoms. The summed E-state index contributed by atoms with van der Waals surface area (Å²) in [6.45, 7) is 0. The SMILES string of the molecule is NC(=NC1CCCC1)NC1Cc2ccccc2C1. The lowest BCUT2D eigenvalue weighted by atomic mass is 10.1. The Labute approximate surface area is 108 Å². The molecule has 1 aromatic carbocycles. The zero-order chi connectivity index (χ0) is 12.4. The lowest BCUT2D eigenvalue weighted by Crippen LogP contribution is -2.41. The monoisotopic (exact) mass is 243 g/mol. The van der Waals surface area contributed by atoms with Crippen molar-refractivity contribution >= 4 is 5.96 Å². The first kappa shape index (κ1) is 11.6. The maximum absolute atomic E-state index is 6.01. The highest BCUT2D eigenvalue weighted by Crippen LogP contribution is 2.22. The van der Waals surface area contributed by atoms with Crippen LogP contribution in [0.1, 0.15) is 36.8 Å². The fourth-order valence-corrected chi connectivity index (χ4v) is 3.14. The Kier molecular flexibility index (Phi) is 3.22. The van der Waals surface area contributed by atoms with Gasteiger partial charge >= 0.3 is 0 Å². The van der Waals surface area contributed by atoms with Gasteiger partial charge in [-0.3, -0.25) is 4.99 Å². The number of guanidine groups is 1. The van der Waals surface area contributed by atoms with Crippen LogP contribution in [0.5, 0.6) is 0 Å². The van der Waals surface area contributed by atoms with Crippen molar-refractivity contribution in [1.29, 1.82) is 0 Å². The molecule has 3 rings (SSSR count). The zero-order valence-electron chi connectivity index (χ0n) is 10.7. The maximum atomic E-state index is 6.01. The summed E-state index contributed by atoms with van der Waals surface area (Å²) in [4.78, 5) is 4.59. The molecule has 1 aromatic rings. The summed E-state index contributed by atoms with van der Waals surface area (Å²) in [5.74, 6) is 0.639. The average molecular weight is 243 g/mol. The number of hydrogen-bond donors (Lipinski definition) is 2. The molecule has 0 amide bonds. The van der Waals surface area contributed by atoms with Crippen molar-refractivity contribution in [3.05, 3.63) is 35.4 Å². The van der Waals surface area contributed by atoms with E-state index in [4.69, 9.17) is 5.73 Å². The van der Waals surface area contributed by atoms with Gasteiger partial charge in [-0.15, -0.1) is 0 Å². The van der Waals surface area contributed by atoms with Crippen molar-refractivity contribution in [1.82, 2.24) is 5.32 Å². The molecule has 0 heterocycles. The number of benzene rings is 1. The van der Waals surface area contributed by atoms with E-state index >= 15 is 0 Å². The molecule has 3 nitrogen and oxygen atoms in total. The predicted molar refractivity (Wildman–Crippen MR) is 74.7 cm³/mol. The van der Waals surface area contributed by atoms with Gasteiger partial charge in [-0.05, 0) is 36.8 Å². The normalized spacial score (nSPS) is 21.2. The number of nitrogens with two attached hydrogens (primary N) is 1. The van der Waals surface area contributed by atoms with Crippen LogP contribution < -0.4 is 11.1 Å². The molecule has 0 radical (unpaired) electrons. The molecule has 0 unspecified atom stereocenters. The number of rotatable bonds is 2. The van der Waals surface area contributed by atoms with Crippen LogP contribution in [0.2, 0.25) is 0 Å². The van der Waals surface area contributed by atoms with Crippen LogP contribution in [0.25, 0.3) is 0 Å². The Hall–Kier alpha value is -1.51. The summed E-state index contributed by atoms with van der Waals surface area (Å²) in [6.07, 6.45) is 7.14. The molecule has 0 atom stereocenters. The topological polar surface area (TPSA) is 50.4 Å². The van der Waals surface area contributed by atoms with Gasteiger partial charge in [0.05, 0.1) is 6.04 Å². The Bertz CT molecular complexity index is 422. The lowest BCUT2D eigenvalue weighted by Gasteiger charge is -2.14. The molecule has 3 N–H and O–H groups in total. The lowest BCUT2D eigenvalue weighted by molar-refractivity contribution is 0.626. The van der Waals surface area contributed by atoms with E-state index in [1.54, 1.807) is 0 Å². The molecule has 0 aromatic heterocycles. The minimum absolute atomic E-state index is 0.424. The number of hydrogen-bond acceptors (Lipinski definition) is 1. The third kappa shape index (κ3) is 2.50. The highest BCUT2D eigenvalue weighted by Gasteiger charge is 2.21. The number of nitrogens with zero attached hydrogens (tertiary/aromatic N) is 1. The van der Waals surface area contributed by atoms with Crippen LogP contribution >= 0.6 is 0 Å². The van der Waals surface area contributed by atoms with Crippen molar-refractivity contribution in [2.75, 3.05) is 0 Å². The van der Waals surface area contributed by atoms with Crippen molar-refractivity contribution < 1.29 is 0 Å². The molecule has 96 valence electrons. The second-order valence-corrected chi connectivity index (χ2v) is 5.47. The summed E-state index contributed by atoms with van der Waals surface area (Å²) in [5.41, 5.74) is 8.90. The fourth-order valence-electron chi connectivity index (χ4n) is 3.14. The van der Waals surface area contributed by atoms with Crippen LogP contribution in [0, 0.1) is 0 Å². The smallest absolute Gasteiger partial charge is 0.189 e. The largest absolute Gasteiger partial charge is 0.370 e.